The third kappa shape index (κ3) is 3.56. The summed E-state index contributed by atoms with van der Waals surface area (Å²) in [5.41, 5.74) is 1.04. The average molecular weight is 261 g/mol. The first-order valence-corrected chi connectivity index (χ1v) is 6.60. The lowest BCUT2D eigenvalue weighted by Crippen LogP contribution is -2.36. The Labute approximate surface area is 110 Å². The van der Waals surface area contributed by atoms with Crippen LogP contribution in [0.2, 0.25) is 0 Å². The molecular weight excluding hydrogens is 246 g/mol. The van der Waals surface area contributed by atoms with Gasteiger partial charge in [-0.25, -0.2) is 4.79 Å². The number of pyridine rings is 1. The predicted molar refractivity (Wildman–Crippen MR) is 72.3 cm³/mol. The van der Waals surface area contributed by atoms with E-state index in [0.29, 0.717) is 6.54 Å². The minimum absolute atomic E-state index is 0.0312. The van der Waals surface area contributed by atoms with E-state index < -0.39 is 0 Å². The normalized spacial score (nSPS) is 11.8. The van der Waals surface area contributed by atoms with Gasteiger partial charge in [-0.05, 0) is 36.1 Å². The Morgan fingerprint density at radius 2 is 2.17 bits per heavy atom. The largest absolute Gasteiger partial charge is 0.333 e. The summed E-state index contributed by atoms with van der Waals surface area (Å²) in [6.45, 7) is 2.51. The molecule has 2 amide bonds. The highest BCUT2D eigenvalue weighted by Crippen LogP contribution is 2.10. The molecule has 0 aliphatic rings. The molecular formula is C13H15N3OS. The molecule has 2 aromatic heterocycles. The molecule has 0 aromatic carbocycles. The van der Waals surface area contributed by atoms with Crippen LogP contribution in [0.15, 0.2) is 42.0 Å². The monoisotopic (exact) mass is 261 g/mol. The highest BCUT2D eigenvalue weighted by molar-refractivity contribution is 7.09. The summed E-state index contributed by atoms with van der Waals surface area (Å²) < 4.78 is 0. The van der Waals surface area contributed by atoms with Gasteiger partial charge in [-0.3, -0.25) is 4.98 Å². The van der Waals surface area contributed by atoms with Crippen molar-refractivity contribution in [1.29, 1.82) is 0 Å². The van der Waals surface area contributed by atoms with E-state index in [9.17, 15) is 4.79 Å². The lowest BCUT2D eigenvalue weighted by atomic mass is 10.1. The van der Waals surface area contributed by atoms with Crippen molar-refractivity contribution in [3.63, 3.8) is 0 Å². The lowest BCUT2D eigenvalue weighted by Gasteiger charge is -2.14. The second kappa shape index (κ2) is 6.16. The molecule has 94 valence electrons. The van der Waals surface area contributed by atoms with E-state index in [-0.39, 0.29) is 12.1 Å². The summed E-state index contributed by atoms with van der Waals surface area (Å²) in [6.07, 6.45) is 3.44. The Morgan fingerprint density at radius 3 is 2.83 bits per heavy atom. The third-order valence-corrected chi connectivity index (χ3v) is 3.43. The highest BCUT2D eigenvalue weighted by atomic mass is 32.1. The van der Waals surface area contributed by atoms with E-state index in [1.165, 1.54) is 0 Å². The summed E-state index contributed by atoms with van der Waals surface area (Å²) in [4.78, 5) is 16.8. The first-order valence-electron chi connectivity index (χ1n) is 5.72. The van der Waals surface area contributed by atoms with Crippen LogP contribution in [-0.2, 0) is 6.54 Å². The quantitative estimate of drug-likeness (QED) is 0.889. The van der Waals surface area contributed by atoms with Crippen molar-refractivity contribution in [2.75, 3.05) is 0 Å². The van der Waals surface area contributed by atoms with Gasteiger partial charge in [0.05, 0.1) is 12.6 Å². The number of nitrogens with zero attached hydrogens (tertiary/aromatic N) is 1. The maximum atomic E-state index is 11.7. The van der Waals surface area contributed by atoms with E-state index in [4.69, 9.17) is 0 Å². The molecule has 0 spiro atoms. The van der Waals surface area contributed by atoms with Crippen LogP contribution in [0.3, 0.4) is 0 Å². The summed E-state index contributed by atoms with van der Waals surface area (Å²) >= 11 is 1.63. The van der Waals surface area contributed by atoms with Gasteiger partial charge in [0, 0.05) is 17.3 Å². The van der Waals surface area contributed by atoms with Crippen molar-refractivity contribution in [3.8, 4) is 0 Å². The number of thiophene rings is 1. The number of carbonyl (C=O) groups is 1. The molecule has 0 bridgehead atoms. The van der Waals surface area contributed by atoms with Gasteiger partial charge in [-0.1, -0.05) is 6.07 Å². The van der Waals surface area contributed by atoms with Crippen molar-refractivity contribution >= 4 is 17.4 Å². The number of nitrogens with one attached hydrogen (secondary N) is 2. The van der Waals surface area contributed by atoms with Crippen LogP contribution >= 0.6 is 11.3 Å². The molecule has 2 aromatic rings. The SMILES string of the molecule is CC(NC(=O)NCc1cccs1)c1ccncc1. The topological polar surface area (TPSA) is 54.0 Å². The first-order chi connectivity index (χ1) is 8.75. The van der Waals surface area contributed by atoms with Gasteiger partial charge < -0.3 is 10.6 Å². The van der Waals surface area contributed by atoms with Crippen LogP contribution in [0.1, 0.15) is 23.4 Å². The Hall–Kier alpha value is -1.88. The van der Waals surface area contributed by atoms with Gasteiger partial charge in [-0.15, -0.1) is 11.3 Å². The number of carbonyl (C=O) groups excluding carboxylic acids is 1. The number of hydrogen-bond acceptors (Lipinski definition) is 3. The molecule has 0 aliphatic heterocycles. The highest BCUT2D eigenvalue weighted by Gasteiger charge is 2.08. The summed E-state index contributed by atoms with van der Waals surface area (Å²) in [5.74, 6) is 0. The van der Waals surface area contributed by atoms with Gasteiger partial charge in [0.25, 0.3) is 0 Å². The van der Waals surface area contributed by atoms with Crippen LogP contribution < -0.4 is 10.6 Å². The molecule has 1 unspecified atom stereocenters. The predicted octanol–water partition coefficient (Wildman–Crippen LogP) is 2.70. The minimum Gasteiger partial charge on any atom is -0.333 e. The van der Waals surface area contributed by atoms with Crippen LogP contribution in [0.25, 0.3) is 0 Å². The molecule has 2 N–H and O–H groups in total. The van der Waals surface area contributed by atoms with E-state index in [1.807, 2.05) is 36.6 Å². The zero-order valence-corrected chi connectivity index (χ0v) is 10.9. The molecule has 2 heterocycles. The number of urea groups is 1. The molecule has 0 radical (unpaired) electrons. The summed E-state index contributed by atoms with van der Waals surface area (Å²) in [5, 5.41) is 7.71. The van der Waals surface area contributed by atoms with Gasteiger partial charge in [0.2, 0.25) is 0 Å². The van der Waals surface area contributed by atoms with E-state index in [0.717, 1.165) is 10.4 Å². The molecule has 0 aliphatic carbocycles. The van der Waals surface area contributed by atoms with Crippen LogP contribution in [0.4, 0.5) is 4.79 Å². The van der Waals surface area contributed by atoms with Crippen LogP contribution in [-0.4, -0.2) is 11.0 Å². The fraction of sp³-hybridized carbons (Fsp3) is 0.231. The zero-order chi connectivity index (χ0) is 12.8. The Bertz CT molecular complexity index is 484. The molecule has 1 atom stereocenters. The Balaban J connectivity index is 1.80. The van der Waals surface area contributed by atoms with Gasteiger partial charge in [0.1, 0.15) is 0 Å². The van der Waals surface area contributed by atoms with E-state index >= 15 is 0 Å². The number of hydrogen-bond donors (Lipinski definition) is 2. The molecule has 5 heteroatoms. The fourth-order valence-electron chi connectivity index (χ4n) is 1.56. The summed E-state index contributed by atoms with van der Waals surface area (Å²) in [6, 6.07) is 7.56. The second-order valence-electron chi connectivity index (χ2n) is 3.91. The Morgan fingerprint density at radius 1 is 1.39 bits per heavy atom. The fourth-order valence-corrected chi connectivity index (χ4v) is 2.21. The zero-order valence-electron chi connectivity index (χ0n) is 10.1. The molecule has 0 fully saturated rings. The van der Waals surface area contributed by atoms with Gasteiger partial charge in [-0.2, -0.15) is 0 Å². The number of amides is 2. The minimum atomic E-state index is -0.160. The van der Waals surface area contributed by atoms with Gasteiger partial charge in [0.15, 0.2) is 0 Å². The Kier molecular flexibility index (Phi) is 4.30. The first kappa shape index (κ1) is 12.6. The maximum Gasteiger partial charge on any atom is 0.315 e. The van der Waals surface area contributed by atoms with Crippen molar-refractivity contribution in [3.05, 3.63) is 52.5 Å². The number of aromatic nitrogens is 1. The van der Waals surface area contributed by atoms with Gasteiger partial charge >= 0.3 is 6.03 Å². The third-order valence-electron chi connectivity index (χ3n) is 2.56. The molecule has 18 heavy (non-hydrogen) atoms. The summed E-state index contributed by atoms with van der Waals surface area (Å²) in [7, 11) is 0. The molecule has 0 saturated heterocycles. The molecule has 0 saturated carbocycles. The van der Waals surface area contributed by atoms with Crippen molar-refractivity contribution in [1.82, 2.24) is 15.6 Å². The molecule has 4 nitrogen and oxygen atoms in total. The number of rotatable bonds is 4. The lowest BCUT2D eigenvalue weighted by molar-refractivity contribution is 0.237. The van der Waals surface area contributed by atoms with Crippen LogP contribution in [0.5, 0.6) is 0 Å². The smallest absolute Gasteiger partial charge is 0.315 e. The second-order valence-corrected chi connectivity index (χ2v) is 4.94. The van der Waals surface area contributed by atoms with E-state index in [1.54, 1.807) is 23.7 Å². The maximum absolute atomic E-state index is 11.7. The van der Waals surface area contributed by atoms with Crippen molar-refractivity contribution in [2.24, 2.45) is 0 Å². The standard InChI is InChI=1S/C13H15N3OS/c1-10(11-4-6-14-7-5-11)16-13(17)15-9-12-3-2-8-18-12/h2-8,10H,9H2,1H3,(H2,15,16,17). The molecule has 2 rings (SSSR count). The van der Waals surface area contributed by atoms with Crippen molar-refractivity contribution in [2.45, 2.75) is 19.5 Å². The van der Waals surface area contributed by atoms with E-state index in [2.05, 4.69) is 15.6 Å². The van der Waals surface area contributed by atoms with Crippen molar-refractivity contribution < 1.29 is 4.79 Å². The average Bonchev–Trinajstić information content (AvgIpc) is 2.90. The van der Waals surface area contributed by atoms with Crippen LogP contribution in [0, 0.1) is 0 Å².